The molecule has 0 spiro atoms. The lowest BCUT2D eigenvalue weighted by Gasteiger charge is -2.37. The lowest BCUT2D eigenvalue weighted by Crippen LogP contribution is -2.45. The average Bonchev–Trinajstić information content (AvgIpc) is 3.29. The van der Waals surface area contributed by atoms with Crippen LogP contribution in [0.4, 0.5) is 5.82 Å². The third-order valence-electron chi connectivity index (χ3n) is 4.76. The number of pyridine rings is 1. The van der Waals surface area contributed by atoms with Crippen molar-refractivity contribution in [2.75, 3.05) is 32.1 Å². The highest BCUT2D eigenvalue weighted by molar-refractivity contribution is 5.47. The molecule has 2 heterocycles. The van der Waals surface area contributed by atoms with E-state index in [1.165, 1.54) is 43.4 Å². The van der Waals surface area contributed by atoms with Gasteiger partial charge in [-0.3, -0.25) is 0 Å². The Morgan fingerprint density at radius 3 is 2.86 bits per heavy atom. The molecule has 1 unspecified atom stereocenters. The fraction of sp³-hybridized carbons (Fsp3) is 0.706. The van der Waals surface area contributed by atoms with Gasteiger partial charge >= 0.3 is 0 Å². The van der Waals surface area contributed by atoms with Crippen LogP contribution in [-0.4, -0.2) is 49.2 Å². The molecule has 1 N–H and O–H groups in total. The third kappa shape index (κ3) is 3.74. The predicted molar refractivity (Wildman–Crippen MR) is 87.8 cm³/mol. The molecule has 116 valence electrons. The van der Waals surface area contributed by atoms with Crippen LogP contribution in [0.25, 0.3) is 0 Å². The van der Waals surface area contributed by atoms with Crippen molar-refractivity contribution in [3.8, 4) is 0 Å². The summed E-state index contributed by atoms with van der Waals surface area (Å²) >= 11 is 0. The Kier molecular flexibility index (Phi) is 4.45. The maximum absolute atomic E-state index is 4.74. The Morgan fingerprint density at radius 1 is 1.38 bits per heavy atom. The van der Waals surface area contributed by atoms with Crippen molar-refractivity contribution in [1.29, 1.82) is 0 Å². The summed E-state index contributed by atoms with van der Waals surface area (Å²) in [6.45, 7) is 5.51. The summed E-state index contributed by atoms with van der Waals surface area (Å²) in [4.78, 5) is 9.55. The number of likely N-dealkylation sites (N-methyl/N-ethyl adjacent to an activating group) is 2. The van der Waals surface area contributed by atoms with Gasteiger partial charge in [-0.1, -0.05) is 0 Å². The molecule has 1 atom stereocenters. The van der Waals surface area contributed by atoms with E-state index in [1.807, 2.05) is 6.20 Å². The molecular weight excluding hydrogens is 260 g/mol. The number of nitrogens with zero attached hydrogens (tertiary/aromatic N) is 3. The van der Waals surface area contributed by atoms with Crippen molar-refractivity contribution >= 4 is 5.82 Å². The van der Waals surface area contributed by atoms with Crippen molar-refractivity contribution in [2.24, 2.45) is 0 Å². The number of anilines is 1. The van der Waals surface area contributed by atoms with E-state index in [4.69, 9.17) is 4.98 Å². The van der Waals surface area contributed by atoms with Gasteiger partial charge in [0.25, 0.3) is 0 Å². The second kappa shape index (κ2) is 6.32. The Balaban J connectivity index is 1.65. The zero-order chi connectivity index (χ0) is 14.8. The minimum absolute atomic E-state index is 0.588. The Morgan fingerprint density at radius 2 is 2.19 bits per heavy atom. The highest BCUT2D eigenvalue weighted by atomic mass is 15.2. The molecule has 1 aliphatic heterocycles. The van der Waals surface area contributed by atoms with Gasteiger partial charge in [0.2, 0.25) is 0 Å². The van der Waals surface area contributed by atoms with E-state index >= 15 is 0 Å². The molecule has 2 fully saturated rings. The summed E-state index contributed by atoms with van der Waals surface area (Å²) in [5.74, 6) is 1.14. The summed E-state index contributed by atoms with van der Waals surface area (Å²) in [6.07, 6.45) is 7.27. The van der Waals surface area contributed by atoms with Gasteiger partial charge in [-0.05, 0) is 63.4 Å². The first-order valence-electron chi connectivity index (χ1n) is 8.24. The van der Waals surface area contributed by atoms with E-state index in [0.717, 1.165) is 24.9 Å². The fourth-order valence-corrected chi connectivity index (χ4v) is 3.27. The molecule has 0 amide bonds. The average molecular weight is 288 g/mol. The molecule has 1 aromatic rings. The van der Waals surface area contributed by atoms with E-state index in [2.05, 4.69) is 42.2 Å². The standard InChI is InChI=1S/C17H28N4/c1-13-9-14(10-18-15-6-7-15)11-19-17(13)21(3)16-5-4-8-20(2)12-16/h9,11,15-16,18H,4-8,10,12H2,1-3H3. The molecule has 4 heteroatoms. The van der Waals surface area contributed by atoms with Gasteiger partial charge in [-0.25, -0.2) is 4.98 Å². The molecule has 1 saturated carbocycles. The smallest absolute Gasteiger partial charge is 0.131 e. The number of aromatic nitrogens is 1. The SMILES string of the molecule is Cc1cc(CNC2CC2)cnc1N(C)C1CCCN(C)C1. The summed E-state index contributed by atoms with van der Waals surface area (Å²) in [5, 5.41) is 3.56. The van der Waals surface area contributed by atoms with Crippen LogP contribution in [0.1, 0.15) is 36.8 Å². The fourth-order valence-electron chi connectivity index (χ4n) is 3.27. The van der Waals surface area contributed by atoms with Gasteiger partial charge in [0.1, 0.15) is 5.82 Å². The molecule has 1 saturated heterocycles. The third-order valence-corrected chi connectivity index (χ3v) is 4.76. The zero-order valence-corrected chi connectivity index (χ0v) is 13.6. The molecule has 0 radical (unpaired) electrons. The molecule has 2 aliphatic rings. The van der Waals surface area contributed by atoms with E-state index in [-0.39, 0.29) is 0 Å². The number of rotatable bonds is 5. The van der Waals surface area contributed by atoms with Crippen LogP contribution >= 0.6 is 0 Å². The minimum Gasteiger partial charge on any atom is -0.355 e. The Bertz CT molecular complexity index is 484. The monoisotopic (exact) mass is 288 g/mol. The number of nitrogens with one attached hydrogen (secondary N) is 1. The normalized spacial score (nSPS) is 23.3. The molecule has 21 heavy (non-hydrogen) atoms. The Hall–Kier alpha value is -1.13. The number of hydrogen-bond donors (Lipinski definition) is 1. The molecular formula is C17H28N4. The van der Waals surface area contributed by atoms with Gasteiger partial charge in [0.15, 0.2) is 0 Å². The zero-order valence-electron chi connectivity index (χ0n) is 13.6. The largest absolute Gasteiger partial charge is 0.355 e. The number of piperidine rings is 1. The molecule has 0 aromatic carbocycles. The van der Waals surface area contributed by atoms with Crippen LogP contribution in [0, 0.1) is 6.92 Å². The van der Waals surface area contributed by atoms with Gasteiger partial charge in [-0.2, -0.15) is 0 Å². The predicted octanol–water partition coefficient (Wildman–Crippen LogP) is 2.17. The van der Waals surface area contributed by atoms with E-state index in [9.17, 15) is 0 Å². The first-order chi connectivity index (χ1) is 10.1. The van der Waals surface area contributed by atoms with Crippen molar-refractivity contribution in [3.63, 3.8) is 0 Å². The summed E-state index contributed by atoms with van der Waals surface area (Å²) in [5.41, 5.74) is 2.60. The van der Waals surface area contributed by atoms with Crippen molar-refractivity contribution in [2.45, 2.75) is 51.2 Å². The van der Waals surface area contributed by atoms with Crippen LogP contribution in [0.5, 0.6) is 0 Å². The quantitative estimate of drug-likeness (QED) is 0.900. The van der Waals surface area contributed by atoms with Crippen LogP contribution in [0.15, 0.2) is 12.3 Å². The second-order valence-electron chi connectivity index (χ2n) is 6.81. The van der Waals surface area contributed by atoms with Gasteiger partial charge in [-0.15, -0.1) is 0 Å². The van der Waals surface area contributed by atoms with Gasteiger partial charge in [0.05, 0.1) is 0 Å². The lowest BCUT2D eigenvalue weighted by atomic mass is 10.0. The second-order valence-corrected chi connectivity index (χ2v) is 6.81. The molecule has 1 aromatic heterocycles. The van der Waals surface area contributed by atoms with Gasteiger partial charge in [0, 0.05) is 38.4 Å². The van der Waals surface area contributed by atoms with Crippen LogP contribution in [0.3, 0.4) is 0 Å². The molecule has 3 rings (SSSR count). The Labute approximate surface area is 128 Å². The lowest BCUT2D eigenvalue weighted by molar-refractivity contribution is 0.247. The maximum Gasteiger partial charge on any atom is 0.131 e. The highest BCUT2D eigenvalue weighted by Crippen LogP contribution is 2.24. The number of aryl methyl sites for hydroxylation is 1. The maximum atomic E-state index is 4.74. The van der Waals surface area contributed by atoms with Crippen LogP contribution in [0.2, 0.25) is 0 Å². The van der Waals surface area contributed by atoms with Crippen LogP contribution < -0.4 is 10.2 Å². The summed E-state index contributed by atoms with van der Waals surface area (Å²) in [7, 11) is 4.41. The number of likely N-dealkylation sites (tertiary alicyclic amines) is 1. The van der Waals surface area contributed by atoms with E-state index < -0.39 is 0 Å². The van der Waals surface area contributed by atoms with Crippen LogP contribution in [-0.2, 0) is 6.54 Å². The summed E-state index contributed by atoms with van der Waals surface area (Å²) < 4.78 is 0. The van der Waals surface area contributed by atoms with Crippen molar-refractivity contribution in [3.05, 3.63) is 23.4 Å². The first kappa shape index (κ1) is 14.8. The molecule has 1 aliphatic carbocycles. The molecule has 4 nitrogen and oxygen atoms in total. The molecule has 0 bridgehead atoms. The first-order valence-corrected chi connectivity index (χ1v) is 8.24. The van der Waals surface area contributed by atoms with Crippen molar-refractivity contribution < 1.29 is 0 Å². The summed E-state index contributed by atoms with van der Waals surface area (Å²) in [6, 6.07) is 3.64. The van der Waals surface area contributed by atoms with Gasteiger partial charge < -0.3 is 15.1 Å². The highest BCUT2D eigenvalue weighted by Gasteiger charge is 2.23. The van der Waals surface area contributed by atoms with E-state index in [1.54, 1.807) is 0 Å². The minimum atomic E-state index is 0.588. The number of hydrogen-bond acceptors (Lipinski definition) is 4. The topological polar surface area (TPSA) is 31.4 Å². The van der Waals surface area contributed by atoms with Crippen molar-refractivity contribution in [1.82, 2.24) is 15.2 Å². The van der Waals surface area contributed by atoms with E-state index in [0.29, 0.717) is 6.04 Å².